The Bertz CT molecular complexity index is 807. The van der Waals surface area contributed by atoms with E-state index in [-0.39, 0.29) is 0 Å². The highest BCUT2D eigenvalue weighted by Crippen LogP contribution is 2.56. The lowest BCUT2D eigenvalue weighted by atomic mass is 9.63. The van der Waals surface area contributed by atoms with Crippen molar-refractivity contribution in [3.63, 3.8) is 0 Å². The zero-order valence-electron chi connectivity index (χ0n) is 24.1. The maximum Gasteiger partial charge on any atom is 0.0390 e. The summed E-state index contributed by atoms with van der Waals surface area (Å²) in [6.07, 6.45) is 36.0. The van der Waals surface area contributed by atoms with E-state index in [9.17, 15) is 0 Å². The summed E-state index contributed by atoms with van der Waals surface area (Å²) in [5, 5.41) is 0. The minimum atomic E-state index is 0.746. The molecule has 5 aliphatic carbocycles. The van der Waals surface area contributed by atoms with Crippen molar-refractivity contribution in [1.82, 2.24) is 0 Å². The highest BCUT2D eigenvalue weighted by Gasteiger charge is 2.38. The van der Waals surface area contributed by atoms with Crippen LogP contribution in [0.2, 0.25) is 0 Å². The highest BCUT2D eigenvalue weighted by atomic mass is 14.6. The fourth-order valence-corrected chi connectivity index (χ4v) is 10.0. The first kappa shape index (κ1) is 26.3. The lowest BCUT2D eigenvalue weighted by molar-refractivity contribution is 0.387. The van der Waals surface area contributed by atoms with E-state index >= 15 is 0 Å². The number of hydrogen-bond acceptors (Lipinski definition) is 1. The lowest BCUT2D eigenvalue weighted by Crippen LogP contribution is -2.26. The Hall–Kier alpha value is -0.980. The molecular formula is C36H57N. The van der Waals surface area contributed by atoms with Crippen LogP contribution in [0.15, 0.2) is 0 Å². The van der Waals surface area contributed by atoms with Gasteiger partial charge in [0, 0.05) is 5.69 Å². The van der Waals surface area contributed by atoms with Crippen molar-refractivity contribution in [1.29, 1.82) is 0 Å². The minimum Gasteiger partial charge on any atom is -0.398 e. The average Bonchev–Trinajstić information content (AvgIpc) is 2.98. The molecule has 0 radical (unpaired) electrons. The Labute approximate surface area is 229 Å². The standard InChI is InChI=1S/C36H57N/c37-36-34(29-22-12-4-13-23-29)32(27-18-8-2-9-19-27)31(26-16-6-1-7-17-26)33(28-20-10-3-11-21-28)35(36)30-24-14-5-15-25-30/h26-30H,1-25,37H2. The molecule has 1 aromatic carbocycles. The van der Waals surface area contributed by atoms with Crippen LogP contribution in [0.1, 0.15) is 218 Å². The molecule has 0 heterocycles. The maximum atomic E-state index is 7.66. The van der Waals surface area contributed by atoms with E-state index in [0.717, 1.165) is 29.6 Å². The summed E-state index contributed by atoms with van der Waals surface area (Å²) in [5.74, 6) is 3.92. The van der Waals surface area contributed by atoms with Gasteiger partial charge in [-0.1, -0.05) is 96.3 Å². The molecule has 206 valence electrons. The van der Waals surface area contributed by atoms with Crippen LogP contribution in [-0.4, -0.2) is 0 Å². The maximum absolute atomic E-state index is 7.66. The van der Waals surface area contributed by atoms with Gasteiger partial charge in [-0.3, -0.25) is 0 Å². The highest BCUT2D eigenvalue weighted by molar-refractivity contribution is 5.69. The van der Waals surface area contributed by atoms with Crippen LogP contribution < -0.4 is 5.73 Å². The van der Waals surface area contributed by atoms with E-state index in [2.05, 4.69) is 0 Å². The van der Waals surface area contributed by atoms with Crippen LogP contribution in [0.5, 0.6) is 0 Å². The van der Waals surface area contributed by atoms with Gasteiger partial charge in [-0.25, -0.2) is 0 Å². The number of hydrogen-bond donors (Lipinski definition) is 1. The van der Waals surface area contributed by atoms with Crippen LogP contribution in [0, 0.1) is 0 Å². The van der Waals surface area contributed by atoms with Crippen LogP contribution in [0.25, 0.3) is 0 Å². The predicted molar refractivity (Wildman–Crippen MR) is 160 cm³/mol. The number of rotatable bonds is 5. The molecule has 1 nitrogen and oxygen atoms in total. The van der Waals surface area contributed by atoms with Gasteiger partial charge in [0.2, 0.25) is 0 Å². The first-order valence-corrected chi connectivity index (χ1v) is 17.3. The summed E-state index contributed by atoms with van der Waals surface area (Å²) in [6, 6.07) is 0. The molecular weight excluding hydrogens is 446 g/mol. The fourth-order valence-electron chi connectivity index (χ4n) is 10.0. The number of anilines is 1. The van der Waals surface area contributed by atoms with Crippen molar-refractivity contribution >= 4 is 5.69 Å². The molecule has 5 aliphatic rings. The largest absolute Gasteiger partial charge is 0.398 e. The molecule has 0 bridgehead atoms. The molecule has 6 rings (SSSR count). The van der Waals surface area contributed by atoms with Gasteiger partial charge in [0.05, 0.1) is 0 Å². The van der Waals surface area contributed by atoms with Gasteiger partial charge in [0.1, 0.15) is 0 Å². The third kappa shape index (κ3) is 5.54. The van der Waals surface area contributed by atoms with Crippen LogP contribution in [0.4, 0.5) is 5.69 Å². The van der Waals surface area contributed by atoms with E-state index in [4.69, 9.17) is 5.73 Å². The van der Waals surface area contributed by atoms with E-state index in [1.807, 2.05) is 16.7 Å². The molecule has 2 N–H and O–H groups in total. The summed E-state index contributed by atoms with van der Waals surface area (Å²) >= 11 is 0. The van der Waals surface area contributed by atoms with E-state index in [1.165, 1.54) is 166 Å². The zero-order valence-corrected chi connectivity index (χ0v) is 24.1. The van der Waals surface area contributed by atoms with Crippen molar-refractivity contribution < 1.29 is 0 Å². The summed E-state index contributed by atoms with van der Waals surface area (Å²) in [6.45, 7) is 0. The second-order valence-corrected chi connectivity index (χ2v) is 14.2. The second kappa shape index (κ2) is 12.5. The van der Waals surface area contributed by atoms with Gasteiger partial charge >= 0.3 is 0 Å². The van der Waals surface area contributed by atoms with Crippen LogP contribution in [0.3, 0.4) is 0 Å². The smallest absolute Gasteiger partial charge is 0.0390 e. The summed E-state index contributed by atoms with van der Waals surface area (Å²) in [4.78, 5) is 0. The SMILES string of the molecule is Nc1c(C2CCCCC2)c(C2CCCCC2)c(C2CCCCC2)c(C2CCCCC2)c1C1CCCCC1. The minimum absolute atomic E-state index is 0.746. The lowest BCUT2D eigenvalue weighted by Gasteiger charge is -2.42. The Kier molecular flexibility index (Phi) is 8.85. The summed E-state index contributed by atoms with van der Waals surface area (Å²) < 4.78 is 0. The first-order valence-electron chi connectivity index (χ1n) is 17.3. The second-order valence-electron chi connectivity index (χ2n) is 14.2. The van der Waals surface area contributed by atoms with Crippen LogP contribution in [-0.2, 0) is 0 Å². The van der Waals surface area contributed by atoms with Crippen molar-refractivity contribution in [2.24, 2.45) is 0 Å². The van der Waals surface area contributed by atoms with Crippen molar-refractivity contribution in [2.45, 2.75) is 190 Å². The Morgan fingerprint density at radius 1 is 0.270 bits per heavy atom. The van der Waals surface area contributed by atoms with Crippen LogP contribution >= 0.6 is 0 Å². The van der Waals surface area contributed by atoms with Gasteiger partial charge in [-0.2, -0.15) is 0 Å². The zero-order chi connectivity index (χ0) is 25.0. The first-order chi connectivity index (χ1) is 18.3. The summed E-state index contributed by atoms with van der Waals surface area (Å²) in [5.41, 5.74) is 18.3. The van der Waals surface area contributed by atoms with Crippen molar-refractivity contribution in [3.8, 4) is 0 Å². The van der Waals surface area contributed by atoms with E-state index in [1.54, 1.807) is 11.1 Å². The Morgan fingerprint density at radius 3 is 0.703 bits per heavy atom. The fraction of sp³-hybridized carbons (Fsp3) is 0.833. The molecule has 0 aliphatic heterocycles. The molecule has 5 saturated carbocycles. The molecule has 0 unspecified atom stereocenters. The monoisotopic (exact) mass is 503 g/mol. The van der Waals surface area contributed by atoms with Gasteiger partial charge in [0.15, 0.2) is 0 Å². The molecule has 37 heavy (non-hydrogen) atoms. The molecule has 0 saturated heterocycles. The van der Waals surface area contributed by atoms with Gasteiger partial charge < -0.3 is 5.73 Å². The number of nitrogen functional groups attached to an aromatic ring is 1. The molecule has 0 spiro atoms. The van der Waals surface area contributed by atoms with Crippen molar-refractivity contribution in [3.05, 3.63) is 27.8 Å². The molecule has 1 aromatic rings. The predicted octanol–water partition coefficient (Wildman–Crippen LogP) is 11.5. The quantitative estimate of drug-likeness (QED) is 0.397. The average molecular weight is 504 g/mol. The normalized spacial score (nSPS) is 26.5. The summed E-state index contributed by atoms with van der Waals surface area (Å²) in [7, 11) is 0. The molecule has 0 atom stereocenters. The van der Waals surface area contributed by atoms with E-state index < -0.39 is 0 Å². The van der Waals surface area contributed by atoms with Gasteiger partial charge in [0.25, 0.3) is 0 Å². The number of nitrogens with two attached hydrogens (primary N) is 1. The molecule has 0 amide bonds. The topological polar surface area (TPSA) is 26.0 Å². The molecule has 0 aromatic heterocycles. The van der Waals surface area contributed by atoms with Gasteiger partial charge in [-0.05, 0) is 122 Å². The molecule has 1 heteroatoms. The Balaban J connectivity index is 1.61. The molecule has 5 fully saturated rings. The van der Waals surface area contributed by atoms with Gasteiger partial charge in [-0.15, -0.1) is 0 Å². The Morgan fingerprint density at radius 2 is 0.459 bits per heavy atom. The van der Waals surface area contributed by atoms with E-state index in [0.29, 0.717) is 0 Å². The number of benzene rings is 1. The third-order valence-electron chi connectivity index (χ3n) is 11.8. The third-order valence-corrected chi connectivity index (χ3v) is 11.8. The van der Waals surface area contributed by atoms with Crippen molar-refractivity contribution in [2.75, 3.05) is 5.73 Å².